The largest absolute Gasteiger partial charge is 0.457 e. The molecule has 0 fully saturated rings. The predicted octanol–water partition coefficient (Wildman–Crippen LogP) is 7.01. The van der Waals surface area contributed by atoms with E-state index in [4.69, 9.17) is 4.42 Å². The van der Waals surface area contributed by atoms with Crippen molar-refractivity contribution in [3.8, 4) is 11.3 Å². The molecule has 5 heteroatoms. The molecule has 0 amide bonds. The topological polar surface area (TPSA) is 30.2 Å². The maximum atomic E-state index is 12.9. The Hall–Kier alpha value is -3.60. The third-order valence-electron chi connectivity index (χ3n) is 4.53. The van der Waals surface area contributed by atoms with Crippen LogP contribution in [0.5, 0.6) is 0 Å². The van der Waals surface area contributed by atoms with E-state index in [1.54, 1.807) is 24.3 Å². The first kappa shape index (κ1) is 18.7. The zero-order chi connectivity index (χ0) is 20.4. The van der Waals surface area contributed by atoms with E-state index < -0.39 is 11.7 Å². The Morgan fingerprint density at radius 1 is 0.828 bits per heavy atom. The lowest BCUT2D eigenvalue weighted by Gasteiger charge is -2.07. The standard InChI is InChI=1S/C24H15F3O2/c25-24(26,27)20-7-3-6-19(15-20)23-13-11-21(29-23)10-12-22(28)18-9-8-16-4-1-2-5-17(16)14-18/h1-15H. The molecule has 3 aromatic carbocycles. The lowest BCUT2D eigenvalue weighted by Crippen LogP contribution is -2.04. The number of carbonyl (C=O) groups excluding carboxylic acids is 1. The van der Waals surface area contributed by atoms with E-state index in [1.165, 1.54) is 18.2 Å². The highest BCUT2D eigenvalue weighted by molar-refractivity contribution is 6.08. The van der Waals surface area contributed by atoms with Crippen molar-refractivity contribution in [2.45, 2.75) is 6.18 Å². The van der Waals surface area contributed by atoms with Crippen LogP contribution in [0, 0.1) is 0 Å². The van der Waals surface area contributed by atoms with Crippen molar-refractivity contribution in [1.29, 1.82) is 0 Å². The molecule has 0 saturated heterocycles. The summed E-state index contributed by atoms with van der Waals surface area (Å²) in [7, 11) is 0. The molecule has 0 aliphatic rings. The van der Waals surface area contributed by atoms with Crippen molar-refractivity contribution in [3.05, 3.63) is 102 Å². The Morgan fingerprint density at radius 3 is 2.41 bits per heavy atom. The summed E-state index contributed by atoms with van der Waals surface area (Å²) in [5, 5.41) is 2.02. The number of benzene rings is 3. The summed E-state index contributed by atoms with van der Waals surface area (Å²) in [6.45, 7) is 0. The van der Waals surface area contributed by atoms with E-state index in [2.05, 4.69) is 0 Å². The molecule has 0 unspecified atom stereocenters. The highest BCUT2D eigenvalue weighted by Gasteiger charge is 2.30. The monoisotopic (exact) mass is 392 g/mol. The number of rotatable bonds is 4. The molecular formula is C24H15F3O2. The van der Waals surface area contributed by atoms with Crippen molar-refractivity contribution in [2.24, 2.45) is 0 Å². The van der Waals surface area contributed by atoms with Crippen molar-refractivity contribution in [3.63, 3.8) is 0 Å². The average molecular weight is 392 g/mol. The Morgan fingerprint density at radius 2 is 1.62 bits per heavy atom. The van der Waals surface area contributed by atoms with Crippen LogP contribution in [-0.2, 0) is 6.18 Å². The Bertz CT molecular complexity index is 1220. The molecule has 0 atom stereocenters. The van der Waals surface area contributed by atoms with Crippen LogP contribution < -0.4 is 0 Å². The van der Waals surface area contributed by atoms with E-state index in [0.717, 1.165) is 22.9 Å². The number of furan rings is 1. The summed E-state index contributed by atoms with van der Waals surface area (Å²) >= 11 is 0. The molecule has 4 aromatic rings. The minimum absolute atomic E-state index is 0.187. The van der Waals surface area contributed by atoms with Gasteiger partial charge in [0, 0.05) is 11.1 Å². The highest BCUT2D eigenvalue weighted by Crippen LogP contribution is 2.32. The van der Waals surface area contributed by atoms with Gasteiger partial charge in [-0.05, 0) is 53.3 Å². The van der Waals surface area contributed by atoms with Crippen molar-refractivity contribution in [1.82, 2.24) is 0 Å². The smallest absolute Gasteiger partial charge is 0.416 e. The van der Waals surface area contributed by atoms with Crippen LogP contribution in [0.2, 0.25) is 0 Å². The lowest BCUT2D eigenvalue weighted by atomic mass is 10.0. The number of halogens is 3. The summed E-state index contributed by atoms with van der Waals surface area (Å²) in [6, 6.07) is 21.3. The van der Waals surface area contributed by atoms with Crippen molar-refractivity contribution < 1.29 is 22.4 Å². The van der Waals surface area contributed by atoms with E-state index in [0.29, 0.717) is 22.6 Å². The van der Waals surface area contributed by atoms with Gasteiger partial charge < -0.3 is 4.42 Å². The van der Waals surface area contributed by atoms with E-state index >= 15 is 0 Å². The van der Waals surface area contributed by atoms with E-state index in [1.807, 2.05) is 36.4 Å². The third-order valence-corrected chi connectivity index (χ3v) is 4.53. The second-order valence-corrected chi connectivity index (χ2v) is 6.54. The van der Waals surface area contributed by atoms with Crippen molar-refractivity contribution in [2.75, 3.05) is 0 Å². The first-order valence-electron chi connectivity index (χ1n) is 8.89. The first-order valence-corrected chi connectivity index (χ1v) is 8.89. The first-order chi connectivity index (χ1) is 13.9. The molecule has 2 nitrogen and oxygen atoms in total. The van der Waals surface area contributed by atoms with Gasteiger partial charge in [-0.2, -0.15) is 13.2 Å². The number of carbonyl (C=O) groups is 1. The van der Waals surface area contributed by atoms with Gasteiger partial charge in [0.25, 0.3) is 0 Å². The van der Waals surface area contributed by atoms with Crippen LogP contribution in [0.3, 0.4) is 0 Å². The second kappa shape index (κ2) is 7.43. The minimum Gasteiger partial charge on any atom is -0.457 e. The molecule has 1 heterocycles. The van der Waals surface area contributed by atoms with Crippen LogP contribution in [0.4, 0.5) is 13.2 Å². The van der Waals surface area contributed by atoms with Crippen LogP contribution in [0.15, 0.2) is 89.4 Å². The van der Waals surface area contributed by atoms with Crippen LogP contribution in [0.1, 0.15) is 21.7 Å². The minimum atomic E-state index is -4.42. The van der Waals surface area contributed by atoms with Gasteiger partial charge >= 0.3 is 6.18 Å². The molecule has 144 valence electrons. The molecule has 0 saturated carbocycles. The maximum absolute atomic E-state index is 12.9. The van der Waals surface area contributed by atoms with Gasteiger partial charge in [-0.3, -0.25) is 4.79 Å². The van der Waals surface area contributed by atoms with Gasteiger partial charge in [0.05, 0.1) is 5.56 Å². The molecule has 0 aliphatic heterocycles. The molecule has 0 spiro atoms. The lowest BCUT2D eigenvalue weighted by molar-refractivity contribution is -0.137. The Balaban J connectivity index is 1.54. The number of hydrogen-bond donors (Lipinski definition) is 0. The summed E-state index contributed by atoms with van der Waals surface area (Å²) in [6.07, 6.45) is -1.52. The Kier molecular flexibility index (Phi) is 4.80. The second-order valence-electron chi connectivity index (χ2n) is 6.54. The molecule has 0 aliphatic carbocycles. The quantitative estimate of drug-likeness (QED) is 0.276. The zero-order valence-electron chi connectivity index (χ0n) is 15.1. The number of fused-ring (bicyclic) bond motifs is 1. The average Bonchev–Trinajstić information content (AvgIpc) is 3.20. The van der Waals surface area contributed by atoms with Gasteiger partial charge in [-0.25, -0.2) is 0 Å². The van der Waals surface area contributed by atoms with Gasteiger partial charge in [-0.1, -0.05) is 48.5 Å². The van der Waals surface area contributed by atoms with E-state index in [-0.39, 0.29) is 5.78 Å². The number of alkyl halides is 3. The van der Waals surface area contributed by atoms with Crippen LogP contribution in [0.25, 0.3) is 28.2 Å². The summed E-state index contributed by atoms with van der Waals surface area (Å²) in [5.41, 5.74) is 0.125. The van der Waals surface area contributed by atoms with Gasteiger partial charge in [0.15, 0.2) is 5.78 Å². The van der Waals surface area contributed by atoms with E-state index in [9.17, 15) is 18.0 Å². The normalized spacial score (nSPS) is 12.0. The molecule has 0 N–H and O–H groups in total. The summed E-state index contributed by atoms with van der Waals surface area (Å²) < 4.78 is 44.2. The summed E-state index contributed by atoms with van der Waals surface area (Å²) in [4.78, 5) is 12.4. The molecule has 0 bridgehead atoms. The fourth-order valence-corrected chi connectivity index (χ4v) is 3.04. The Labute approximate surface area is 164 Å². The van der Waals surface area contributed by atoms with Crippen LogP contribution in [-0.4, -0.2) is 5.78 Å². The predicted molar refractivity (Wildman–Crippen MR) is 106 cm³/mol. The number of allylic oxidation sites excluding steroid dienone is 1. The maximum Gasteiger partial charge on any atom is 0.416 e. The van der Waals surface area contributed by atoms with Crippen molar-refractivity contribution >= 4 is 22.6 Å². The van der Waals surface area contributed by atoms with Gasteiger partial charge in [0.1, 0.15) is 11.5 Å². The fraction of sp³-hybridized carbons (Fsp3) is 0.0417. The zero-order valence-corrected chi connectivity index (χ0v) is 15.1. The summed E-state index contributed by atoms with van der Waals surface area (Å²) in [5.74, 6) is 0.494. The highest BCUT2D eigenvalue weighted by atomic mass is 19.4. The fourth-order valence-electron chi connectivity index (χ4n) is 3.04. The third kappa shape index (κ3) is 4.14. The molecular weight excluding hydrogens is 377 g/mol. The molecule has 4 rings (SSSR count). The molecule has 1 aromatic heterocycles. The number of hydrogen-bond acceptors (Lipinski definition) is 2. The van der Waals surface area contributed by atoms with Gasteiger partial charge in [-0.15, -0.1) is 0 Å². The molecule has 0 radical (unpaired) electrons. The van der Waals surface area contributed by atoms with Gasteiger partial charge in [0.2, 0.25) is 0 Å². The van der Waals surface area contributed by atoms with Crippen LogP contribution >= 0.6 is 0 Å². The SMILES string of the molecule is O=C(C=Cc1ccc(-c2cccc(C(F)(F)F)c2)o1)c1ccc2ccccc2c1. The molecule has 29 heavy (non-hydrogen) atoms. The number of ketones is 1.